The summed E-state index contributed by atoms with van der Waals surface area (Å²) in [5.41, 5.74) is 2.88. The summed E-state index contributed by atoms with van der Waals surface area (Å²) >= 11 is 1.66. The Labute approximate surface area is 130 Å². The molecule has 4 heteroatoms. The highest BCUT2D eigenvalue weighted by Crippen LogP contribution is 2.35. The minimum absolute atomic E-state index is 0.0120. The maximum atomic E-state index is 13.6. The van der Waals surface area contributed by atoms with Crippen molar-refractivity contribution in [3.05, 3.63) is 40.2 Å². The lowest BCUT2D eigenvalue weighted by Crippen LogP contribution is -2.18. The lowest BCUT2D eigenvalue weighted by molar-refractivity contribution is 0.561. The van der Waals surface area contributed by atoms with Crippen LogP contribution in [0.1, 0.15) is 43.8 Å². The predicted octanol–water partition coefficient (Wildman–Crippen LogP) is 4.66. The Bertz CT molecular complexity index is 606. The van der Waals surface area contributed by atoms with Gasteiger partial charge in [-0.15, -0.1) is 11.3 Å². The second-order valence-electron chi connectivity index (χ2n) is 6.34. The Morgan fingerprint density at radius 2 is 1.95 bits per heavy atom. The van der Waals surface area contributed by atoms with Crippen molar-refractivity contribution in [3.63, 3.8) is 0 Å². The van der Waals surface area contributed by atoms with Gasteiger partial charge in [0.15, 0.2) is 0 Å². The zero-order valence-corrected chi connectivity index (χ0v) is 14.2. The fourth-order valence-corrected chi connectivity index (χ4v) is 3.51. The number of halogens is 1. The molecular weight excluding hydrogens is 283 g/mol. The largest absolute Gasteiger partial charge is 0.312 e. The fourth-order valence-electron chi connectivity index (χ4n) is 2.28. The molecule has 114 valence electrons. The van der Waals surface area contributed by atoms with Gasteiger partial charge in [-0.1, -0.05) is 27.7 Å². The molecule has 0 fully saturated rings. The molecule has 0 aliphatic carbocycles. The molecule has 0 saturated heterocycles. The van der Waals surface area contributed by atoms with Crippen LogP contribution >= 0.6 is 11.3 Å². The summed E-state index contributed by atoms with van der Waals surface area (Å²) in [6, 6.07) is 5.10. The van der Waals surface area contributed by atoms with Crippen molar-refractivity contribution >= 4 is 11.3 Å². The Morgan fingerprint density at radius 3 is 2.52 bits per heavy atom. The van der Waals surface area contributed by atoms with Crippen molar-refractivity contribution < 1.29 is 4.39 Å². The normalized spacial score (nSPS) is 11.9. The molecule has 2 aromatic rings. The highest BCUT2D eigenvalue weighted by atomic mass is 32.1. The molecule has 0 atom stereocenters. The second-order valence-corrected chi connectivity index (χ2v) is 7.42. The molecule has 1 heterocycles. The molecule has 1 N–H and O–H groups in total. The molecule has 0 amide bonds. The monoisotopic (exact) mass is 306 g/mol. The van der Waals surface area contributed by atoms with Crippen LogP contribution in [0.3, 0.4) is 0 Å². The molecule has 0 unspecified atom stereocenters. The summed E-state index contributed by atoms with van der Waals surface area (Å²) in [5.74, 6) is -0.203. The number of nitrogens with one attached hydrogen (secondary N) is 1. The van der Waals surface area contributed by atoms with E-state index in [4.69, 9.17) is 4.98 Å². The van der Waals surface area contributed by atoms with E-state index >= 15 is 0 Å². The molecule has 0 bridgehead atoms. The van der Waals surface area contributed by atoms with E-state index < -0.39 is 0 Å². The maximum Gasteiger partial charge on any atom is 0.124 e. The third kappa shape index (κ3) is 3.89. The molecule has 2 rings (SSSR count). The molecule has 0 radical (unpaired) electrons. The number of aryl methyl sites for hydroxylation is 1. The highest BCUT2D eigenvalue weighted by Gasteiger charge is 2.23. The first kappa shape index (κ1) is 16.1. The molecule has 2 nitrogen and oxygen atoms in total. The summed E-state index contributed by atoms with van der Waals surface area (Å²) in [6.45, 7) is 12.2. The Morgan fingerprint density at radius 1 is 1.24 bits per heavy atom. The highest BCUT2D eigenvalue weighted by molar-refractivity contribution is 7.15. The van der Waals surface area contributed by atoms with Gasteiger partial charge < -0.3 is 5.32 Å². The first-order valence-electron chi connectivity index (χ1n) is 7.29. The van der Waals surface area contributed by atoms with Crippen LogP contribution < -0.4 is 5.32 Å². The Kier molecular flexibility index (Phi) is 4.79. The topological polar surface area (TPSA) is 24.9 Å². The number of benzene rings is 1. The summed E-state index contributed by atoms with van der Waals surface area (Å²) in [7, 11) is 0. The number of rotatable bonds is 4. The van der Waals surface area contributed by atoms with Gasteiger partial charge in [0, 0.05) is 22.4 Å². The minimum atomic E-state index is -0.203. The molecule has 0 aliphatic heterocycles. The summed E-state index contributed by atoms with van der Waals surface area (Å²) in [6.07, 6.45) is 0. The molecule has 21 heavy (non-hydrogen) atoms. The van der Waals surface area contributed by atoms with Crippen LogP contribution in [0.4, 0.5) is 4.39 Å². The molecule has 1 aromatic carbocycles. The molecule has 0 spiro atoms. The lowest BCUT2D eigenvalue weighted by atomic mass is 9.91. The van der Waals surface area contributed by atoms with E-state index in [1.807, 2.05) is 13.0 Å². The maximum absolute atomic E-state index is 13.6. The van der Waals surface area contributed by atoms with Gasteiger partial charge in [-0.05, 0) is 37.2 Å². The molecule has 0 saturated carbocycles. The fraction of sp³-hybridized carbons (Fsp3) is 0.471. The van der Waals surface area contributed by atoms with Gasteiger partial charge >= 0.3 is 0 Å². The van der Waals surface area contributed by atoms with Crippen LogP contribution in [0.25, 0.3) is 10.6 Å². The van der Waals surface area contributed by atoms with Crippen LogP contribution in [0, 0.1) is 12.7 Å². The van der Waals surface area contributed by atoms with Crippen LogP contribution in [0.15, 0.2) is 18.2 Å². The SMILES string of the molecule is CCNCc1sc(-c2cc(C)cc(F)c2)nc1C(C)(C)C. The van der Waals surface area contributed by atoms with Crippen LogP contribution in [0.5, 0.6) is 0 Å². The number of hydrogen-bond acceptors (Lipinski definition) is 3. The Balaban J connectivity index is 2.47. The van der Waals surface area contributed by atoms with Gasteiger partial charge in [-0.25, -0.2) is 9.37 Å². The van der Waals surface area contributed by atoms with E-state index in [0.717, 1.165) is 34.9 Å². The van der Waals surface area contributed by atoms with Gasteiger partial charge in [0.1, 0.15) is 10.8 Å². The van der Waals surface area contributed by atoms with Crippen molar-refractivity contribution in [1.82, 2.24) is 10.3 Å². The van der Waals surface area contributed by atoms with E-state index in [-0.39, 0.29) is 11.2 Å². The van der Waals surface area contributed by atoms with E-state index in [9.17, 15) is 4.39 Å². The van der Waals surface area contributed by atoms with Gasteiger partial charge in [-0.3, -0.25) is 0 Å². The first-order chi connectivity index (χ1) is 9.81. The van der Waals surface area contributed by atoms with Gasteiger partial charge in [0.25, 0.3) is 0 Å². The van der Waals surface area contributed by atoms with Crippen LogP contribution in [-0.4, -0.2) is 11.5 Å². The number of hydrogen-bond donors (Lipinski definition) is 1. The second kappa shape index (κ2) is 6.24. The Hall–Kier alpha value is -1.26. The van der Waals surface area contributed by atoms with E-state index in [2.05, 4.69) is 33.0 Å². The van der Waals surface area contributed by atoms with Crippen molar-refractivity contribution in [1.29, 1.82) is 0 Å². The standard InChI is InChI=1S/C17H23FN2S/c1-6-19-10-14-15(17(3,4)5)20-16(21-14)12-7-11(2)8-13(18)9-12/h7-9,19H,6,10H2,1-5H3. The lowest BCUT2D eigenvalue weighted by Gasteiger charge is -2.17. The quantitative estimate of drug-likeness (QED) is 0.888. The van der Waals surface area contributed by atoms with Crippen molar-refractivity contribution in [2.45, 2.75) is 46.6 Å². The zero-order chi connectivity index (χ0) is 15.6. The average molecular weight is 306 g/mol. The number of aromatic nitrogens is 1. The summed E-state index contributed by atoms with van der Waals surface area (Å²) < 4.78 is 13.6. The molecule has 0 aliphatic rings. The predicted molar refractivity (Wildman–Crippen MR) is 88.3 cm³/mol. The first-order valence-corrected chi connectivity index (χ1v) is 8.11. The number of nitrogens with zero attached hydrogens (tertiary/aromatic N) is 1. The summed E-state index contributed by atoms with van der Waals surface area (Å²) in [5, 5.41) is 4.26. The third-order valence-corrected chi connectivity index (χ3v) is 4.34. The van der Waals surface area contributed by atoms with Gasteiger partial charge in [-0.2, -0.15) is 0 Å². The summed E-state index contributed by atoms with van der Waals surface area (Å²) in [4.78, 5) is 6.04. The van der Waals surface area contributed by atoms with Crippen LogP contribution in [0.2, 0.25) is 0 Å². The molecule has 1 aromatic heterocycles. The van der Waals surface area contributed by atoms with E-state index in [0.29, 0.717) is 0 Å². The average Bonchev–Trinajstić information content (AvgIpc) is 2.79. The van der Waals surface area contributed by atoms with E-state index in [1.165, 1.54) is 4.88 Å². The van der Waals surface area contributed by atoms with E-state index in [1.54, 1.807) is 23.5 Å². The van der Waals surface area contributed by atoms with Crippen LogP contribution in [-0.2, 0) is 12.0 Å². The third-order valence-electron chi connectivity index (χ3n) is 3.23. The van der Waals surface area contributed by atoms with Crippen molar-refractivity contribution in [3.8, 4) is 10.6 Å². The van der Waals surface area contributed by atoms with Gasteiger partial charge in [0.2, 0.25) is 0 Å². The number of thiazole rings is 1. The van der Waals surface area contributed by atoms with Crippen molar-refractivity contribution in [2.75, 3.05) is 6.54 Å². The smallest absolute Gasteiger partial charge is 0.124 e. The molecular formula is C17H23FN2S. The minimum Gasteiger partial charge on any atom is -0.312 e. The van der Waals surface area contributed by atoms with Gasteiger partial charge in [0.05, 0.1) is 5.69 Å². The van der Waals surface area contributed by atoms with Crippen molar-refractivity contribution in [2.24, 2.45) is 0 Å². The zero-order valence-electron chi connectivity index (χ0n) is 13.4.